The minimum Gasteiger partial charge on any atom is -0.451 e. The normalized spacial score (nSPS) is 10.8. The largest absolute Gasteiger partial charge is 0.451 e. The Bertz CT molecular complexity index is 857. The van der Waals surface area contributed by atoms with Crippen molar-refractivity contribution in [3.8, 4) is 0 Å². The summed E-state index contributed by atoms with van der Waals surface area (Å²) in [6.45, 7) is 1.96. The maximum atomic E-state index is 12.4. The molecule has 0 N–H and O–H groups in total. The van der Waals surface area contributed by atoms with Crippen LogP contribution < -0.4 is 4.90 Å². The van der Waals surface area contributed by atoms with Gasteiger partial charge in [-0.15, -0.1) is 11.3 Å². The van der Waals surface area contributed by atoms with Crippen LogP contribution >= 0.6 is 34.3 Å². The van der Waals surface area contributed by atoms with Crippen LogP contribution in [0.2, 0.25) is 4.34 Å². The number of carbonyl (C=O) groups is 2. The maximum absolute atomic E-state index is 12.4. The van der Waals surface area contributed by atoms with Crippen LogP contribution in [0.1, 0.15) is 16.6 Å². The second-order valence-corrected chi connectivity index (χ2v) is 7.51. The number of fused-ring (bicyclic) bond motifs is 1. The van der Waals surface area contributed by atoms with Crippen molar-refractivity contribution in [3.05, 3.63) is 45.6 Å². The fourth-order valence-corrected chi connectivity index (χ4v) is 4.08. The SMILES string of the molecule is CCN(C(=O)COC(=O)c1ccc(Cl)s1)c1nc2ccccc2s1. The minimum absolute atomic E-state index is 0.312. The molecule has 0 aliphatic heterocycles. The molecular formula is C16H13ClN2O3S2. The standard InChI is InChI=1S/C16H13ClN2O3S2/c1-2-19(16-18-10-5-3-4-6-11(10)24-16)14(20)9-22-15(21)12-7-8-13(17)23-12/h3-8H,2,9H2,1H3. The highest BCUT2D eigenvalue weighted by atomic mass is 35.5. The summed E-state index contributed by atoms with van der Waals surface area (Å²) in [5.41, 5.74) is 0.842. The lowest BCUT2D eigenvalue weighted by molar-refractivity contribution is -0.121. The lowest BCUT2D eigenvalue weighted by Gasteiger charge is -2.17. The van der Waals surface area contributed by atoms with Gasteiger partial charge in [-0.3, -0.25) is 9.69 Å². The summed E-state index contributed by atoms with van der Waals surface area (Å²) >= 11 is 8.33. The molecule has 0 unspecified atom stereocenters. The van der Waals surface area contributed by atoms with E-state index in [0.29, 0.717) is 20.9 Å². The van der Waals surface area contributed by atoms with Gasteiger partial charge in [0.1, 0.15) is 4.88 Å². The summed E-state index contributed by atoms with van der Waals surface area (Å²) < 4.78 is 6.58. The molecule has 2 aromatic heterocycles. The van der Waals surface area contributed by atoms with Crippen molar-refractivity contribution in [2.24, 2.45) is 0 Å². The van der Waals surface area contributed by atoms with Crippen molar-refractivity contribution >= 4 is 61.5 Å². The van der Waals surface area contributed by atoms with E-state index < -0.39 is 5.97 Å². The van der Waals surface area contributed by atoms with Crippen LogP contribution in [0.3, 0.4) is 0 Å². The second-order valence-electron chi connectivity index (χ2n) is 4.78. The molecule has 0 fully saturated rings. The Balaban J connectivity index is 1.68. The van der Waals surface area contributed by atoms with Crippen molar-refractivity contribution in [1.82, 2.24) is 4.98 Å². The number of thiazole rings is 1. The first-order chi connectivity index (χ1) is 11.6. The molecule has 0 atom stereocenters. The number of benzene rings is 1. The summed E-state index contributed by atoms with van der Waals surface area (Å²) in [5.74, 6) is -0.867. The van der Waals surface area contributed by atoms with E-state index in [4.69, 9.17) is 16.3 Å². The maximum Gasteiger partial charge on any atom is 0.348 e. The van der Waals surface area contributed by atoms with Crippen molar-refractivity contribution in [2.75, 3.05) is 18.1 Å². The Hall–Kier alpha value is -1.96. The van der Waals surface area contributed by atoms with E-state index >= 15 is 0 Å². The van der Waals surface area contributed by atoms with Crippen molar-refractivity contribution in [3.63, 3.8) is 0 Å². The van der Waals surface area contributed by atoms with Gasteiger partial charge in [0, 0.05) is 6.54 Å². The highest BCUT2D eigenvalue weighted by Crippen LogP contribution is 2.28. The molecule has 0 saturated carbocycles. The Morgan fingerprint density at radius 2 is 2.00 bits per heavy atom. The number of amides is 1. The molecule has 0 bridgehead atoms. The van der Waals surface area contributed by atoms with Crippen molar-refractivity contribution in [1.29, 1.82) is 0 Å². The molecule has 1 aromatic carbocycles. The first kappa shape index (κ1) is 16.9. The van der Waals surface area contributed by atoms with Gasteiger partial charge in [0.15, 0.2) is 11.7 Å². The minimum atomic E-state index is -0.555. The number of esters is 1. The van der Waals surface area contributed by atoms with E-state index in [2.05, 4.69) is 4.98 Å². The van der Waals surface area contributed by atoms with Crippen LogP contribution in [0.15, 0.2) is 36.4 Å². The molecule has 0 aliphatic rings. The van der Waals surface area contributed by atoms with Gasteiger partial charge in [0.05, 0.1) is 14.6 Å². The number of hydrogen-bond donors (Lipinski definition) is 0. The number of halogens is 1. The Kier molecular flexibility index (Phi) is 5.13. The topological polar surface area (TPSA) is 59.5 Å². The zero-order valence-electron chi connectivity index (χ0n) is 12.7. The van der Waals surface area contributed by atoms with E-state index in [9.17, 15) is 9.59 Å². The monoisotopic (exact) mass is 380 g/mol. The van der Waals surface area contributed by atoms with E-state index in [-0.39, 0.29) is 12.5 Å². The lowest BCUT2D eigenvalue weighted by atomic mass is 10.3. The van der Waals surface area contributed by atoms with E-state index in [1.807, 2.05) is 31.2 Å². The second kappa shape index (κ2) is 7.29. The van der Waals surface area contributed by atoms with Crippen LogP contribution in [0, 0.1) is 0 Å². The number of para-hydroxylation sites is 1. The van der Waals surface area contributed by atoms with E-state index in [1.165, 1.54) is 16.2 Å². The third kappa shape index (κ3) is 3.58. The van der Waals surface area contributed by atoms with Gasteiger partial charge in [-0.1, -0.05) is 35.1 Å². The smallest absolute Gasteiger partial charge is 0.348 e. The molecule has 0 spiro atoms. The number of ether oxygens (including phenoxy) is 1. The number of hydrogen-bond acceptors (Lipinski definition) is 6. The number of anilines is 1. The molecule has 124 valence electrons. The highest BCUT2D eigenvalue weighted by molar-refractivity contribution is 7.22. The van der Waals surface area contributed by atoms with Crippen LogP contribution in [0.5, 0.6) is 0 Å². The number of nitrogens with zero attached hydrogens (tertiary/aromatic N) is 2. The predicted molar refractivity (Wildman–Crippen MR) is 97.3 cm³/mol. The molecule has 5 nitrogen and oxygen atoms in total. The van der Waals surface area contributed by atoms with Crippen LogP contribution in [-0.2, 0) is 9.53 Å². The van der Waals surface area contributed by atoms with Gasteiger partial charge < -0.3 is 4.74 Å². The van der Waals surface area contributed by atoms with Crippen LogP contribution in [-0.4, -0.2) is 30.0 Å². The Labute approximate surface area is 151 Å². The number of aromatic nitrogens is 1. The van der Waals surface area contributed by atoms with Gasteiger partial charge >= 0.3 is 5.97 Å². The quantitative estimate of drug-likeness (QED) is 0.622. The Morgan fingerprint density at radius 3 is 2.67 bits per heavy atom. The van der Waals surface area contributed by atoms with Crippen molar-refractivity contribution < 1.29 is 14.3 Å². The number of rotatable bonds is 5. The molecule has 3 rings (SSSR count). The third-order valence-corrected chi connectivity index (χ3v) is 5.50. The molecule has 3 aromatic rings. The zero-order chi connectivity index (χ0) is 17.1. The third-order valence-electron chi connectivity index (χ3n) is 3.23. The fourth-order valence-electron chi connectivity index (χ4n) is 2.09. The molecule has 8 heteroatoms. The lowest BCUT2D eigenvalue weighted by Crippen LogP contribution is -2.34. The van der Waals surface area contributed by atoms with Gasteiger partial charge in [-0.2, -0.15) is 0 Å². The van der Waals surface area contributed by atoms with Gasteiger partial charge in [-0.25, -0.2) is 9.78 Å². The molecule has 2 heterocycles. The van der Waals surface area contributed by atoms with Gasteiger partial charge in [0.2, 0.25) is 0 Å². The molecule has 24 heavy (non-hydrogen) atoms. The molecule has 0 aliphatic carbocycles. The Morgan fingerprint density at radius 1 is 1.21 bits per heavy atom. The first-order valence-corrected chi connectivity index (χ1v) is 9.18. The summed E-state index contributed by atoms with van der Waals surface area (Å²) in [5, 5.41) is 0.596. The zero-order valence-corrected chi connectivity index (χ0v) is 15.1. The molecule has 0 saturated heterocycles. The van der Waals surface area contributed by atoms with Gasteiger partial charge in [-0.05, 0) is 31.2 Å². The predicted octanol–water partition coefficient (Wildman–Crippen LogP) is 4.22. The van der Waals surface area contributed by atoms with Crippen LogP contribution in [0.4, 0.5) is 5.13 Å². The molecule has 0 radical (unpaired) electrons. The summed E-state index contributed by atoms with van der Waals surface area (Å²) in [7, 11) is 0. The highest BCUT2D eigenvalue weighted by Gasteiger charge is 2.20. The average molecular weight is 381 g/mol. The summed E-state index contributed by atoms with van der Waals surface area (Å²) in [4.78, 5) is 30.6. The van der Waals surface area contributed by atoms with E-state index in [0.717, 1.165) is 21.6 Å². The summed E-state index contributed by atoms with van der Waals surface area (Å²) in [6.07, 6.45) is 0. The molecule has 1 amide bonds. The van der Waals surface area contributed by atoms with Gasteiger partial charge in [0.25, 0.3) is 5.91 Å². The number of thiophene rings is 1. The average Bonchev–Trinajstić information content (AvgIpc) is 3.19. The summed E-state index contributed by atoms with van der Waals surface area (Å²) in [6, 6.07) is 10.9. The number of likely N-dealkylation sites (N-methyl/N-ethyl adjacent to an activating group) is 1. The fraction of sp³-hybridized carbons (Fsp3) is 0.188. The van der Waals surface area contributed by atoms with Crippen LogP contribution in [0.25, 0.3) is 10.2 Å². The van der Waals surface area contributed by atoms with Crippen molar-refractivity contribution in [2.45, 2.75) is 6.92 Å². The number of carbonyl (C=O) groups excluding carboxylic acids is 2. The van der Waals surface area contributed by atoms with E-state index in [1.54, 1.807) is 12.1 Å². The first-order valence-electron chi connectivity index (χ1n) is 7.17. The molecular weight excluding hydrogens is 368 g/mol.